The molecule has 2 unspecified atom stereocenters. The fourth-order valence-electron chi connectivity index (χ4n) is 4.70. The zero-order valence-corrected chi connectivity index (χ0v) is 22.2. The van der Waals surface area contributed by atoms with Crippen LogP contribution in [-0.2, 0) is 10.0 Å². The third-order valence-electron chi connectivity index (χ3n) is 7.44. The zero-order chi connectivity index (χ0) is 24.3. The second-order valence-corrected chi connectivity index (χ2v) is 12.0. The number of likely N-dealkylation sites (tertiary alicyclic amines) is 1. The van der Waals surface area contributed by atoms with Gasteiger partial charge in [-0.1, -0.05) is 36.4 Å². The third kappa shape index (κ3) is 5.86. The fourth-order valence-corrected chi connectivity index (χ4v) is 6.12. The number of piperidine rings is 1. The molecule has 0 radical (unpaired) electrons. The molecule has 1 fully saturated rings. The number of hydrogen-bond donors (Lipinski definition) is 0. The second kappa shape index (κ2) is 10.7. The van der Waals surface area contributed by atoms with E-state index in [9.17, 15) is 8.42 Å². The normalized spacial score (nSPS) is 20.2. The summed E-state index contributed by atoms with van der Waals surface area (Å²) in [5.74, 6) is 0.345. The van der Waals surface area contributed by atoms with Gasteiger partial charge in [-0.2, -0.15) is 4.31 Å². The Bertz CT molecular complexity index is 1050. The summed E-state index contributed by atoms with van der Waals surface area (Å²) >= 11 is 0. The van der Waals surface area contributed by atoms with E-state index >= 15 is 0 Å². The summed E-state index contributed by atoms with van der Waals surface area (Å²) in [5.41, 5.74) is 4.64. The van der Waals surface area contributed by atoms with E-state index in [1.165, 1.54) is 15.4 Å². The van der Waals surface area contributed by atoms with Gasteiger partial charge >= 0.3 is 0 Å². The van der Waals surface area contributed by atoms with Crippen molar-refractivity contribution < 1.29 is 8.42 Å². The molecule has 0 aliphatic carbocycles. The maximum Gasteiger partial charge on any atom is 0.243 e. The van der Waals surface area contributed by atoms with Gasteiger partial charge in [-0.25, -0.2) is 8.42 Å². The second-order valence-electron chi connectivity index (χ2n) is 10.0. The van der Waals surface area contributed by atoms with Crippen LogP contribution in [0, 0.1) is 13.8 Å². The number of likely N-dealkylation sites (N-methyl/N-ethyl adjacent to an activating group) is 2. The van der Waals surface area contributed by atoms with E-state index in [1.54, 1.807) is 7.05 Å². The lowest BCUT2D eigenvalue weighted by molar-refractivity contribution is 0.169. The van der Waals surface area contributed by atoms with Crippen LogP contribution in [0.4, 0.5) is 0 Å². The van der Waals surface area contributed by atoms with Gasteiger partial charge in [0.25, 0.3) is 0 Å². The smallest absolute Gasteiger partial charge is 0.243 e. The molecule has 1 heterocycles. The largest absolute Gasteiger partial charge is 0.303 e. The summed E-state index contributed by atoms with van der Waals surface area (Å²) in [4.78, 5) is 5.05. The molecule has 1 saturated heterocycles. The Labute approximate surface area is 201 Å². The number of benzene rings is 2. The van der Waals surface area contributed by atoms with Crippen molar-refractivity contribution in [3.63, 3.8) is 0 Å². The van der Waals surface area contributed by atoms with Crippen molar-refractivity contribution in [1.29, 1.82) is 0 Å². The first-order valence-corrected chi connectivity index (χ1v) is 13.5. The maximum absolute atomic E-state index is 13.5. The molecule has 0 N–H and O–H groups in total. The van der Waals surface area contributed by atoms with Crippen LogP contribution in [0.3, 0.4) is 0 Å². The Morgan fingerprint density at radius 3 is 2.39 bits per heavy atom. The van der Waals surface area contributed by atoms with Crippen molar-refractivity contribution in [3.05, 3.63) is 64.7 Å². The summed E-state index contributed by atoms with van der Waals surface area (Å²) in [6.07, 6.45) is 2.04. The highest BCUT2D eigenvalue weighted by atomic mass is 32.2. The Morgan fingerprint density at radius 2 is 1.73 bits per heavy atom. The molecule has 2 aromatic rings. The SMILES string of the molecule is Cc1ccccc1C1CC(c2ccc(C)c(S(=O)(=O)N(C)CCN(C)C(C)C)c2)CCN1C. The van der Waals surface area contributed by atoms with Crippen LogP contribution in [0.5, 0.6) is 0 Å². The van der Waals surface area contributed by atoms with Gasteiger partial charge in [0.15, 0.2) is 0 Å². The molecule has 0 saturated carbocycles. The third-order valence-corrected chi connectivity index (χ3v) is 9.44. The van der Waals surface area contributed by atoms with E-state index < -0.39 is 10.0 Å². The number of nitrogens with zero attached hydrogens (tertiary/aromatic N) is 3. The number of hydrogen-bond acceptors (Lipinski definition) is 4. The van der Waals surface area contributed by atoms with Crippen LogP contribution in [0.2, 0.25) is 0 Å². The van der Waals surface area contributed by atoms with E-state index in [-0.39, 0.29) is 0 Å². The molecule has 0 bridgehead atoms. The number of sulfonamides is 1. The Morgan fingerprint density at radius 1 is 1.03 bits per heavy atom. The van der Waals surface area contributed by atoms with Crippen LogP contribution >= 0.6 is 0 Å². The molecule has 3 rings (SSSR count). The molecule has 2 aromatic carbocycles. The van der Waals surface area contributed by atoms with E-state index in [1.807, 2.05) is 26.1 Å². The van der Waals surface area contributed by atoms with Crippen molar-refractivity contribution >= 4 is 10.0 Å². The summed E-state index contributed by atoms with van der Waals surface area (Å²) in [6, 6.07) is 15.4. The van der Waals surface area contributed by atoms with Gasteiger partial charge in [-0.05, 0) is 95.4 Å². The Hall–Kier alpha value is -1.73. The lowest BCUT2D eigenvalue weighted by atomic mass is 9.82. The lowest BCUT2D eigenvalue weighted by Gasteiger charge is -2.38. The molecule has 0 spiro atoms. The minimum atomic E-state index is -3.54. The summed E-state index contributed by atoms with van der Waals surface area (Å²) in [5, 5.41) is 0. The first-order chi connectivity index (χ1) is 15.5. The van der Waals surface area contributed by atoms with E-state index in [2.05, 4.69) is 68.0 Å². The summed E-state index contributed by atoms with van der Waals surface area (Å²) in [6.45, 7) is 10.5. The van der Waals surface area contributed by atoms with Gasteiger partial charge in [0.2, 0.25) is 10.0 Å². The van der Waals surface area contributed by atoms with Gasteiger partial charge in [0.05, 0.1) is 4.90 Å². The molecular formula is C27H41N3O2S. The average molecular weight is 472 g/mol. The van der Waals surface area contributed by atoms with Gasteiger partial charge in [0.1, 0.15) is 0 Å². The van der Waals surface area contributed by atoms with Crippen LogP contribution in [-0.4, -0.2) is 69.3 Å². The predicted octanol–water partition coefficient (Wildman–Crippen LogP) is 4.81. The van der Waals surface area contributed by atoms with Crippen LogP contribution in [0.15, 0.2) is 47.4 Å². The number of aryl methyl sites for hydroxylation is 2. The molecule has 182 valence electrons. The molecule has 0 aromatic heterocycles. The van der Waals surface area contributed by atoms with E-state index in [0.717, 1.165) is 30.5 Å². The Balaban J connectivity index is 1.84. The van der Waals surface area contributed by atoms with Crippen molar-refractivity contribution in [2.24, 2.45) is 0 Å². The first kappa shape index (κ1) is 25.9. The highest BCUT2D eigenvalue weighted by Gasteiger charge is 2.30. The van der Waals surface area contributed by atoms with Crippen LogP contribution in [0.1, 0.15) is 60.9 Å². The highest BCUT2D eigenvalue weighted by molar-refractivity contribution is 7.89. The molecule has 2 atom stereocenters. The van der Waals surface area contributed by atoms with Crippen molar-refractivity contribution in [2.75, 3.05) is 40.8 Å². The van der Waals surface area contributed by atoms with Gasteiger partial charge in [0, 0.05) is 32.2 Å². The van der Waals surface area contributed by atoms with Crippen LogP contribution in [0.25, 0.3) is 0 Å². The first-order valence-electron chi connectivity index (χ1n) is 12.0. The molecule has 6 heteroatoms. The Kier molecular flexibility index (Phi) is 8.38. The topological polar surface area (TPSA) is 43.9 Å². The lowest BCUT2D eigenvalue weighted by Crippen LogP contribution is -2.37. The van der Waals surface area contributed by atoms with Gasteiger partial charge in [-0.15, -0.1) is 0 Å². The van der Waals surface area contributed by atoms with Crippen LogP contribution < -0.4 is 0 Å². The predicted molar refractivity (Wildman–Crippen MR) is 137 cm³/mol. The number of rotatable bonds is 8. The summed E-state index contributed by atoms with van der Waals surface area (Å²) in [7, 11) is 2.38. The highest BCUT2D eigenvalue weighted by Crippen LogP contribution is 2.40. The van der Waals surface area contributed by atoms with E-state index in [4.69, 9.17) is 0 Å². The maximum atomic E-state index is 13.5. The quantitative estimate of drug-likeness (QED) is 0.554. The van der Waals surface area contributed by atoms with Gasteiger partial charge < -0.3 is 4.90 Å². The monoisotopic (exact) mass is 471 g/mol. The standard InChI is InChI=1S/C27H41N3O2S/c1-20(2)28(5)16-17-30(7)33(31,32)27-19-23(13-12-22(27)4)24-14-15-29(6)26(18-24)25-11-9-8-10-21(25)3/h8-13,19-20,24,26H,14-18H2,1-7H3. The zero-order valence-electron chi connectivity index (χ0n) is 21.4. The van der Waals surface area contributed by atoms with Crippen molar-refractivity contribution in [1.82, 2.24) is 14.1 Å². The van der Waals surface area contributed by atoms with Crippen molar-refractivity contribution in [3.8, 4) is 0 Å². The van der Waals surface area contributed by atoms with E-state index in [0.29, 0.717) is 36.0 Å². The molecule has 0 amide bonds. The summed E-state index contributed by atoms with van der Waals surface area (Å²) < 4.78 is 28.4. The van der Waals surface area contributed by atoms with Crippen molar-refractivity contribution in [2.45, 2.75) is 63.4 Å². The average Bonchev–Trinajstić information content (AvgIpc) is 2.78. The molecule has 1 aliphatic rings. The molecular weight excluding hydrogens is 430 g/mol. The molecule has 1 aliphatic heterocycles. The molecule has 33 heavy (non-hydrogen) atoms. The van der Waals surface area contributed by atoms with Gasteiger partial charge in [-0.3, -0.25) is 4.90 Å². The minimum Gasteiger partial charge on any atom is -0.303 e. The fraction of sp³-hybridized carbons (Fsp3) is 0.556. The minimum absolute atomic E-state index is 0.345. The molecule has 5 nitrogen and oxygen atoms in total.